The zero-order valence-corrected chi connectivity index (χ0v) is 24.1. The summed E-state index contributed by atoms with van der Waals surface area (Å²) in [7, 11) is -8.45. The van der Waals surface area contributed by atoms with Crippen molar-refractivity contribution in [2.75, 3.05) is 7.11 Å². The summed E-state index contributed by atoms with van der Waals surface area (Å²) in [5, 5.41) is 0. The first kappa shape index (κ1) is 32.9. The minimum atomic E-state index is -4.82. The van der Waals surface area contributed by atoms with Crippen molar-refractivity contribution in [2.24, 2.45) is 0 Å². The van der Waals surface area contributed by atoms with Crippen molar-refractivity contribution in [2.45, 2.75) is 22.9 Å². The van der Waals surface area contributed by atoms with Gasteiger partial charge in [0.1, 0.15) is 22.1 Å². The van der Waals surface area contributed by atoms with Gasteiger partial charge in [0, 0.05) is 17.2 Å². The number of methoxy groups -OCH3 is 1. The van der Waals surface area contributed by atoms with Crippen LogP contribution in [0, 0.1) is 6.92 Å². The SMILES string of the molecule is COc1ccc(Oc2ccc(C(=O)c3ccc(C)cc3)cc2)cc1S(=O)(=O)NS(=O)(=O)c1ccc(C(F)(F)F)cc1.[Li+]. The smallest absolute Gasteiger partial charge is 0.495 e. The molecule has 0 aromatic heterocycles. The summed E-state index contributed by atoms with van der Waals surface area (Å²) in [5.74, 6) is -0.166. The van der Waals surface area contributed by atoms with E-state index < -0.39 is 41.6 Å². The standard InChI is InChI=1S/C28H22F3NO7S2.Li/c1-18-3-5-19(6-4-18)27(33)20-7-11-22(12-8-20)39-23-13-16-25(38-2)26(17-23)41(36,37)32-40(34,35)24-14-9-21(10-15-24)28(29,30)31;/h3-17,32H,1-2H3;/q;+1. The summed E-state index contributed by atoms with van der Waals surface area (Å²) >= 11 is 0. The van der Waals surface area contributed by atoms with Crippen LogP contribution in [0.3, 0.4) is 0 Å². The van der Waals surface area contributed by atoms with Gasteiger partial charge < -0.3 is 9.47 Å². The summed E-state index contributed by atoms with van der Waals surface area (Å²) in [6.07, 6.45) is -4.70. The zero-order chi connectivity index (χ0) is 30.0. The van der Waals surface area contributed by atoms with Crippen LogP contribution in [0.2, 0.25) is 0 Å². The maximum Gasteiger partial charge on any atom is 1.00 e. The van der Waals surface area contributed by atoms with E-state index in [1.807, 2.05) is 19.1 Å². The maximum atomic E-state index is 13.1. The van der Waals surface area contributed by atoms with Crippen molar-refractivity contribution in [3.63, 3.8) is 0 Å². The van der Waals surface area contributed by atoms with Crippen molar-refractivity contribution in [1.29, 1.82) is 0 Å². The molecule has 0 radical (unpaired) electrons. The summed E-state index contributed by atoms with van der Waals surface area (Å²) in [6.45, 7) is 1.91. The third-order valence-corrected chi connectivity index (χ3v) is 9.35. The van der Waals surface area contributed by atoms with Crippen LogP contribution in [0.1, 0.15) is 27.0 Å². The first-order valence-corrected chi connectivity index (χ1v) is 14.7. The number of nitrogens with one attached hydrogen (secondary N) is 1. The molecule has 0 fully saturated rings. The number of hydrogen-bond donors (Lipinski definition) is 1. The largest absolute Gasteiger partial charge is 1.00 e. The van der Waals surface area contributed by atoms with Crippen molar-refractivity contribution < 1.29 is 63.1 Å². The minimum Gasteiger partial charge on any atom is -0.495 e. The predicted molar refractivity (Wildman–Crippen MR) is 143 cm³/mol. The molecule has 0 amide bonds. The van der Waals surface area contributed by atoms with Gasteiger partial charge >= 0.3 is 25.0 Å². The van der Waals surface area contributed by atoms with Crippen LogP contribution in [0.15, 0.2) is 101 Å². The maximum absolute atomic E-state index is 13.1. The van der Waals surface area contributed by atoms with E-state index in [-0.39, 0.29) is 41.9 Å². The molecule has 14 heteroatoms. The monoisotopic (exact) mass is 612 g/mol. The third kappa shape index (κ3) is 7.61. The van der Waals surface area contributed by atoms with E-state index in [4.69, 9.17) is 9.47 Å². The van der Waals surface area contributed by atoms with E-state index in [1.54, 1.807) is 12.1 Å². The number of ketones is 1. The Morgan fingerprint density at radius 1 is 0.738 bits per heavy atom. The van der Waals surface area contributed by atoms with E-state index in [1.165, 1.54) is 47.6 Å². The first-order valence-electron chi connectivity index (χ1n) is 11.7. The fourth-order valence-electron chi connectivity index (χ4n) is 3.67. The Balaban J connectivity index is 0.00000484. The van der Waals surface area contributed by atoms with Gasteiger partial charge in [-0.05, 0) is 67.6 Å². The number of sulfonamides is 2. The van der Waals surface area contributed by atoms with Gasteiger partial charge in [-0.25, -0.2) is 16.8 Å². The van der Waals surface area contributed by atoms with Crippen molar-refractivity contribution in [3.8, 4) is 17.2 Å². The number of carbonyl (C=O) groups excluding carboxylic acids is 1. The van der Waals surface area contributed by atoms with Gasteiger partial charge in [0.2, 0.25) is 0 Å². The number of aryl methyl sites for hydroxylation is 1. The molecule has 0 saturated heterocycles. The molecule has 42 heavy (non-hydrogen) atoms. The quantitative estimate of drug-likeness (QED) is 0.228. The van der Waals surface area contributed by atoms with E-state index in [2.05, 4.69) is 0 Å². The van der Waals surface area contributed by atoms with Crippen LogP contribution in [0.25, 0.3) is 0 Å². The second-order valence-electron chi connectivity index (χ2n) is 8.75. The topological polar surface area (TPSA) is 116 Å². The fourth-order valence-corrected chi connectivity index (χ4v) is 6.75. The molecule has 0 heterocycles. The van der Waals surface area contributed by atoms with Crippen LogP contribution in [0.4, 0.5) is 13.2 Å². The molecule has 0 aliphatic rings. The molecule has 0 atom stereocenters. The molecule has 0 aliphatic carbocycles. The molecule has 4 rings (SSSR count). The van der Waals surface area contributed by atoms with Crippen LogP contribution in [0.5, 0.6) is 17.2 Å². The van der Waals surface area contributed by atoms with E-state index >= 15 is 0 Å². The Hall–Kier alpha value is -3.60. The second kappa shape index (κ2) is 12.7. The van der Waals surface area contributed by atoms with Crippen LogP contribution < -0.4 is 32.5 Å². The van der Waals surface area contributed by atoms with Crippen molar-refractivity contribution >= 4 is 25.8 Å². The Kier molecular flexibility index (Phi) is 9.97. The number of benzene rings is 4. The number of halogens is 3. The van der Waals surface area contributed by atoms with Crippen LogP contribution >= 0.6 is 0 Å². The molecule has 0 aliphatic heterocycles. The average molecular weight is 613 g/mol. The Morgan fingerprint density at radius 3 is 1.79 bits per heavy atom. The minimum absolute atomic E-state index is 0. The molecule has 0 unspecified atom stereocenters. The van der Waals surface area contributed by atoms with Crippen LogP contribution in [-0.4, -0.2) is 29.7 Å². The molecule has 4 aromatic rings. The average Bonchev–Trinajstić information content (AvgIpc) is 2.92. The van der Waals surface area contributed by atoms with Gasteiger partial charge in [-0.1, -0.05) is 29.8 Å². The molecule has 0 spiro atoms. The summed E-state index contributed by atoms with van der Waals surface area (Å²) in [6, 6.07) is 19.1. The van der Waals surface area contributed by atoms with Crippen molar-refractivity contribution in [3.05, 3.63) is 113 Å². The normalized spacial score (nSPS) is 11.8. The van der Waals surface area contributed by atoms with E-state index in [9.17, 15) is 34.8 Å². The van der Waals surface area contributed by atoms with Gasteiger partial charge in [-0.15, -0.1) is 4.13 Å². The number of alkyl halides is 3. The Morgan fingerprint density at radius 2 is 1.26 bits per heavy atom. The number of hydrogen-bond acceptors (Lipinski definition) is 7. The summed E-state index contributed by atoms with van der Waals surface area (Å²) < 4.78 is 102. The molecule has 0 saturated carbocycles. The molecule has 0 bridgehead atoms. The number of ether oxygens (including phenoxy) is 2. The number of carbonyl (C=O) groups is 1. The summed E-state index contributed by atoms with van der Waals surface area (Å²) in [4.78, 5) is 11.4. The van der Waals surface area contributed by atoms with Gasteiger partial charge in [0.15, 0.2) is 5.78 Å². The predicted octanol–water partition coefficient (Wildman–Crippen LogP) is 2.72. The molecule has 8 nitrogen and oxygen atoms in total. The molecule has 4 aromatic carbocycles. The van der Waals surface area contributed by atoms with Crippen LogP contribution in [-0.2, 0) is 26.2 Å². The van der Waals surface area contributed by atoms with Gasteiger partial charge in [-0.3, -0.25) is 4.79 Å². The fraction of sp³-hybridized carbons (Fsp3) is 0.107. The summed E-state index contributed by atoms with van der Waals surface area (Å²) in [5.41, 5.74) is 0.821. The first-order chi connectivity index (χ1) is 19.2. The molecule has 1 N–H and O–H groups in total. The van der Waals surface area contributed by atoms with E-state index in [0.29, 0.717) is 35.4 Å². The third-order valence-electron chi connectivity index (χ3n) is 5.80. The van der Waals surface area contributed by atoms with Gasteiger partial charge in [0.05, 0.1) is 17.6 Å². The molecular formula is C28H22F3LiNO7S2+. The second-order valence-corrected chi connectivity index (χ2v) is 12.3. The van der Waals surface area contributed by atoms with Gasteiger partial charge in [0.25, 0.3) is 20.0 Å². The molecule has 214 valence electrons. The Bertz CT molecular complexity index is 1790. The zero-order valence-electron chi connectivity index (χ0n) is 22.5. The van der Waals surface area contributed by atoms with E-state index in [0.717, 1.165) is 11.6 Å². The molecular weight excluding hydrogens is 590 g/mol. The number of rotatable bonds is 9. The van der Waals surface area contributed by atoms with Crippen molar-refractivity contribution in [1.82, 2.24) is 4.13 Å². The van der Waals surface area contributed by atoms with Gasteiger partial charge in [-0.2, -0.15) is 13.2 Å². The Labute approximate surface area is 252 Å².